The molecule has 0 bridgehead atoms. The molecular weight excluding hydrogens is 343 g/mol. The molecule has 2 N–H and O–H groups in total. The number of rotatable bonds is 4. The van der Waals surface area contributed by atoms with Crippen molar-refractivity contribution < 1.29 is 18.4 Å². The van der Waals surface area contributed by atoms with Crippen molar-refractivity contribution in [1.82, 2.24) is 5.32 Å². The lowest BCUT2D eigenvalue weighted by Crippen LogP contribution is -2.32. The van der Waals surface area contributed by atoms with Crippen LogP contribution in [0.25, 0.3) is 0 Å². The number of amides is 2. The molecule has 0 spiro atoms. The van der Waals surface area contributed by atoms with Gasteiger partial charge in [0.2, 0.25) is 5.91 Å². The van der Waals surface area contributed by atoms with E-state index in [2.05, 4.69) is 26.6 Å². The van der Waals surface area contributed by atoms with Crippen molar-refractivity contribution in [3.8, 4) is 0 Å². The summed E-state index contributed by atoms with van der Waals surface area (Å²) in [7, 11) is 0. The molecule has 5 nitrogen and oxygen atoms in total. The van der Waals surface area contributed by atoms with Crippen LogP contribution in [0.2, 0.25) is 0 Å². The Morgan fingerprint density at radius 1 is 1.29 bits per heavy atom. The maximum Gasteiger partial charge on any atom is 0.287 e. The van der Waals surface area contributed by atoms with Crippen LogP contribution in [-0.2, 0) is 4.79 Å². The number of anilines is 1. The van der Waals surface area contributed by atoms with Crippen molar-refractivity contribution in [2.24, 2.45) is 0 Å². The minimum Gasteiger partial charge on any atom is -0.444 e. The van der Waals surface area contributed by atoms with Crippen LogP contribution in [-0.4, -0.2) is 18.4 Å². The molecule has 0 saturated carbocycles. The Hall–Kier alpha value is -2.15. The molecular formula is C14H12BrFN2O3. The van der Waals surface area contributed by atoms with Crippen LogP contribution >= 0.6 is 15.9 Å². The van der Waals surface area contributed by atoms with Gasteiger partial charge in [0.15, 0.2) is 10.4 Å². The highest BCUT2D eigenvalue weighted by atomic mass is 79.9. The second kappa shape index (κ2) is 6.53. The van der Waals surface area contributed by atoms with Crippen LogP contribution in [0.1, 0.15) is 16.1 Å². The van der Waals surface area contributed by atoms with Gasteiger partial charge in [0, 0.05) is 5.69 Å². The van der Waals surface area contributed by atoms with Crippen LogP contribution < -0.4 is 10.6 Å². The third kappa shape index (κ3) is 4.16. The Kier molecular flexibility index (Phi) is 4.74. The lowest BCUT2D eigenvalue weighted by Gasteiger charge is -2.08. The zero-order chi connectivity index (χ0) is 15.4. The molecule has 0 radical (unpaired) electrons. The van der Waals surface area contributed by atoms with E-state index in [0.29, 0.717) is 15.9 Å². The Morgan fingerprint density at radius 3 is 2.67 bits per heavy atom. The third-order valence-corrected chi connectivity index (χ3v) is 3.10. The van der Waals surface area contributed by atoms with E-state index in [1.54, 1.807) is 13.0 Å². The summed E-state index contributed by atoms with van der Waals surface area (Å²) < 4.78 is 18.4. The number of hydrogen-bond acceptors (Lipinski definition) is 3. The van der Waals surface area contributed by atoms with E-state index in [1.807, 2.05) is 0 Å². The number of furan rings is 1. The highest BCUT2D eigenvalue weighted by molar-refractivity contribution is 9.10. The van der Waals surface area contributed by atoms with E-state index in [4.69, 9.17) is 4.42 Å². The summed E-state index contributed by atoms with van der Waals surface area (Å²) in [5.74, 6) is -1.18. The fourth-order valence-corrected chi connectivity index (χ4v) is 1.95. The van der Waals surface area contributed by atoms with Gasteiger partial charge in [0.25, 0.3) is 5.91 Å². The Morgan fingerprint density at radius 2 is 2.05 bits per heavy atom. The summed E-state index contributed by atoms with van der Waals surface area (Å²) in [6, 6.07) is 7.10. The monoisotopic (exact) mass is 354 g/mol. The summed E-state index contributed by atoms with van der Waals surface area (Å²) >= 11 is 3.08. The number of carbonyl (C=O) groups is 2. The van der Waals surface area contributed by atoms with Gasteiger partial charge < -0.3 is 15.1 Å². The fourth-order valence-electron chi connectivity index (χ4n) is 1.65. The summed E-state index contributed by atoms with van der Waals surface area (Å²) in [6.07, 6.45) is 0. The zero-order valence-corrected chi connectivity index (χ0v) is 12.7. The van der Waals surface area contributed by atoms with Crippen LogP contribution in [0.3, 0.4) is 0 Å². The van der Waals surface area contributed by atoms with Crippen LogP contribution in [0.5, 0.6) is 0 Å². The lowest BCUT2D eigenvalue weighted by atomic mass is 10.2. The van der Waals surface area contributed by atoms with Crippen LogP contribution in [0.15, 0.2) is 39.4 Å². The highest BCUT2D eigenvalue weighted by Gasteiger charge is 2.12. The van der Waals surface area contributed by atoms with E-state index >= 15 is 0 Å². The molecule has 21 heavy (non-hydrogen) atoms. The van der Waals surface area contributed by atoms with Gasteiger partial charge in [-0.2, -0.15) is 0 Å². The molecule has 7 heteroatoms. The standard InChI is InChI=1S/C14H12BrFN2O3/c1-8-6-9(16)2-3-10(8)18-13(19)7-17-14(20)11-4-5-12(15)21-11/h2-6H,7H2,1H3,(H,17,20)(H,18,19). The average Bonchev–Trinajstić information content (AvgIpc) is 2.86. The van der Waals surface area contributed by atoms with Crippen LogP contribution in [0, 0.1) is 12.7 Å². The predicted octanol–water partition coefficient (Wildman–Crippen LogP) is 2.86. The van der Waals surface area contributed by atoms with Crippen molar-refractivity contribution in [2.75, 3.05) is 11.9 Å². The van der Waals surface area contributed by atoms with Gasteiger partial charge in [-0.15, -0.1) is 0 Å². The number of halogens is 2. The van der Waals surface area contributed by atoms with Gasteiger partial charge in [0.05, 0.1) is 6.54 Å². The molecule has 110 valence electrons. The van der Waals surface area contributed by atoms with Gasteiger partial charge in [-0.05, 0) is 58.7 Å². The van der Waals surface area contributed by atoms with E-state index in [-0.39, 0.29) is 18.1 Å². The van der Waals surface area contributed by atoms with Crippen molar-refractivity contribution in [3.63, 3.8) is 0 Å². The molecule has 0 saturated heterocycles. The summed E-state index contributed by atoms with van der Waals surface area (Å²) in [6.45, 7) is 1.46. The first-order valence-electron chi connectivity index (χ1n) is 6.05. The molecule has 2 amide bonds. The molecule has 2 rings (SSSR count). The normalized spacial score (nSPS) is 10.2. The van der Waals surface area contributed by atoms with E-state index in [0.717, 1.165) is 0 Å². The molecule has 1 heterocycles. The van der Waals surface area contributed by atoms with Crippen molar-refractivity contribution in [2.45, 2.75) is 6.92 Å². The Balaban J connectivity index is 1.89. The molecule has 1 aromatic heterocycles. The van der Waals surface area contributed by atoms with Gasteiger partial charge >= 0.3 is 0 Å². The lowest BCUT2D eigenvalue weighted by molar-refractivity contribution is -0.115. The molecule has 1 aromatic carbocycles. The zero-order valence-electron chi connectivity index (χ0n) is 11.1. The predicted molar refractivity (Wildman–Crippen MR) is 78.5 cm³/mol. The van der Waals surface area contributed by atoms with Crippen LogP contribution in [0.4, 0.5) is 10.1 Å². The van der Waals surface area contributed by atoms with Crippen molar-refractivity contribution >= 4 is 33.4 Å². The summed E-state index contributed by atoms with van der Waals surface area (Å²) in [5.41, 5.74) is 1.10. The summed E-state index contributed by atoms with van der Waals surface area (Å²) in [5, 5.41) is 5.01. The number of hydrogen-bond donors (Lipinski definition) is 2. The van der Waals surface area contributed by atoms with Crippen molar-refractivity contribution in [1.29, 1.82) is 0 Å². The number of aryl methyl sites for hydroxylation is 1. The minimum absolute atomic E-state index is 0.104. The number of benzene rings is 1. The number of nitrogens with one attached hydrogen (secondary N) is 2. The molecule has 0 unspecified atom stereocenters. The van der Waals surface area contributed by atoms with Gasteiger partial charge in [-0.25, -0.2) is 4.39 Å². The Labute approximate surface area is 128 Å². The van der Waals surface area contributed by atoms with Crippen molar-refractivity contribution in [3.05, 3.63) is 52.1 Å². The first-order chi connectivity index (χ1) is 9.95. The quantitative estimate of drug-likeness (QED) is 0.886. The minimum atomic E-state index is -0.494. The SMILES string of the molecule is Cc1cc(F)ccc1NC(=O)CNC(=O)c1ccc(Br)o1. The Bertz CT molecular complexity index is 685. The smallest absolute Gasteiger partial charge is 0.287 e. The van der Waals surface area contributed by atoms with Gasteiger partial charge in [-0.1, -0.05) is 0 Å². The highest BCUT2D eigenvalue weighted by Crippen LogP contribution is 2.15. The molecule has 0 fully saturated rings. The molecule has 2 aromatic rings. The topological polar surface area (TPSA) is 71.3 Å². The maximum atomic E-state index is 12.9. The maximum absolute atomic E-state index is 12.9. The number of carbonyl (C=O) groups excluding carboxylic acids is 2. The largest absolute Gasteiger partial charge is 0.444 e. The van der Waals surface area contributed by atoms with E-state index < -0.39 is 11.8 Å². The third-order valence-electron chi connectivity index (χ3n) is 2.67. The first kappa shape index (κ1) is 15.2. The molecule has 0 aliphatic rings. The first-order valence-corrected chi connectivity index (χ1v) is 6.84. The van der Waals surface area contributed by atoms with E-state index in [9.17, 15) is 14.0 Å². The summed E-state index contributed by atoms with van der Waals surface area (Å²) in [4.78, 5) is 23.4. The fraction of sp³-hybridized carbons (Fsp3) is 0.143. The molecule has 0 aliphatic heterocycles. The second-order valence-electron chi connectivity index (χ2n) is 4.29. The average molecular weight is 355 g/mol. The van der Waals surface area contributed by atoms with Gasteiger partial charge in [-0.3, -0.25) is 9.59 Å². The molecule has 0 atom stereocenters. The molecule has 0 aliphatic carbocycles. The van der Waals surface area contributed by atoms with Gasteiger partial charge in [0.1, 0.15) is 5.82 Å². The van der Waals surface area contributed by atoms with E-state index in [1.165, 1.54) is 24.3 Å². The second-order valence-corrected chi connectivity index (χ2v) is 5.08.